The van der Waals surface area contributed by atoms with Gasteiger partial charge in [0.15, 0.2) is 6.61 Å². The first-order valence-corrected chi connectivity index (χ1v) is 7.16. The third-order valence-corrected chi connectivity index (χ3v) is 3.44. The van der Waals surface area contributed by atoms with E-state index in [9.17, 15) is 4.79 Å². The van der Waals surface area contributed by atoms with Crippen molar-refractivity contribution in [2.45, 2.75) is 6.92 Å². The summed E-state index contributed by atoms with van der Waals surface area (Å²) in [7, 11) is 0. The Balaban J connectivity index is 1.90. The number of halogens is 2. The van der Waals surface area contributed by atoms with E-state index < -0.39 is 0 Å². The molecule has 0 aliphatic heterocycles. The van der Waals surface area contributed by atoms with E-state index in [1.165, 1.54) is 0 Å². The lowest BCUT2D eigenvalue weighted by atomic mass is 10.2. The predicted molar refractivity (Wildman–Crippen MR) is 84.5 cm³/mol. The van der Waals surface area contributed by atoms with Crippen molar-refractivity contribution in [2.75, 3.05) is 11.9 Å². The Hall–Kier alpha value is -1.52. The lowest BCUT2D eigenvalue weighted by molar-refractivity contribution is -0.118. The number of anilines is 1. The summed E-state index contributed by atoms with van der Waals surface area (Å²) in [6.45, 7) is 1.93. The minimum Gasteiger partial charge on any atom is -0.483 e. The maximum atomic E-state index is 11.8. The molecule has 3 nitrogen and oxygen atoms in total. The molecule has 2 aromatic carbocycles. The fourth-order valence-electron chi connectivity index (χ4n) is 1.57. The van der Waals surface area contributed by atoms with Crippen molar-refractivity contribution in [3.05, 3.63) is 57.5 Å². The van der Waals surface area contributed by atoms with Gasteiger partial charge in [0.05, 0.1) is 4.47 Å². The van der Waals surface area contributed by atoms with Gasteiger partial charge in [-0.3, -0.25) is 4.79 Å². The summed E-state index contributed by atoms with van der Waals surface area (Å²) in [5.41, 5.74) is 1.89. The molecule has 0 aliphatic rings. The Morgan fingerprint density at radius 1 is 1.25 bits per heavy atom. The first-order chi connectivity index (χ1) is 9.54. The Morgan fingerprint density at radius 3 is 2.60 bits per heavy atom. The van der Waals surface area contributed by atoms with Crippen molar-refractivity contribution < 1.29 is 9.53 Å². The highest BCUT2D eigenvalue weighted by atomic mass is 79.9. The van der Waals surface area contributed by atoms with Crippen LogP contribution in [0.5, 0.6) is 5.75 Å². The van der Waals surface area contributed by atoms with E-state index in [1.54, 1.807) is 18.2 Å². The summed E-state index contributed by atoms with van der Waals surface area (Å²) in [6.07, 6.45) is 0. The van der Waals surface area contributed by atoms with Crippen LogP contribution in [-0.2, 0) is 4.79 Å². The monoisotopic (exact) mass is 353 g/mol. The molecule has 20 heavy (non-hydrogen) atoms. The molecule has 1 amide bonds. The standard InChI is InChI=1S/C15H13BrClNO2/c1-10-2-5-12(6-3-10)18-15(19)9-20-14-7-4-11(17)8-13(14)16/h2-8H,9H2,1H3,(H,18,19). The summed E-state index contributed by atoms with van der Waals surface area (Å²) in [4.78, 5) is 11.8. The van der Waals surface area contributed by atoms with Crippen molar-refractivity contribution in [1.82, 2.24) is 0 Å². The Labute approximate surface area is 131 Å². The third kappa shape index (κ3) is 4.25. The van der Waals surface area contributed by atoms with Gasteiger partial charge in [-0.05, 0) is 53.2 Å². The number of rotatable bonds is 4. The van der Waals surface area contributed by atoms with Gasteiger partial charge < -0.3 is 10.1 Å². The number of nitrogens with one attached hydrogen (secondary N) is 1. The number of benzene rings is 2. The van der Waals surface area contributed by atoms with Crippen molar-refractivity contribution in [1.29, 1.82) is 0 Å². The van der Waals surface area contributed by atoms with Crippen molar-refractivity contribution in [3.63, 3.8) is 0 Å². The van der Waals surface area contributed by atoms with Gasteiger partial charge in [0.25, 0.3) is 5.91 Å². The SMILES string of the molecule is Cc1ccc(NC(=O)COc2ccc(Cl)cc2Br)cc1. The highest BCUT2D eigenvalue weighted by molar-refractivity contribution is 9.10. The normalized spacial score (nSPS) is 10.2. The molecule has 0 radical (unpaired) electrons. The molecule has 0 atom stereocenters. The van der Waals surface area contributed by atoms with Crippen molar-refractivity contribution in [3.8, 4) is 5.75 Å². The second-order valence-corrected chi connectivity index (χ2v) is 5.57. The summed E-state index contributed by atoms with van der Waals surface area (Å²) in [5, 5.41) is 3.37. The minimum atomic E-state index is -0.212. The van der Waals surface area contributed by atoms with Crippen LogP contribution >= 0.6 is 27.5 Å². The van der Waals surface area contributed by atoms with Crippen LogP contribution in [-0.4, -0.2) is 12.5 Å². The zero-order valence-electron chi connectivity index (χ0n) is 10.8. The number of hydrogen-bond acceptors (Lipinski definition) is 2. The third-order valence-electron chi connectivity index (χ3n) is 2.59. The van der Waals surface area contributed by atoms with Gasteiger partial charge in [-0.15, -0.1) is 0 Å². The van der Waals surface area contributed by atoms with Gasteiger partial charge in [-0.1, -0.05) is 29.3 Å². The van der Waals surface area contributed by atoms with Gasteiger partial charge in [0.1, 0.15) is 5.75 Å². The molecule has 1 N–H and O–H groups in total. The Bertz CT molecular complexity index is 614. The number of amides is 1. The zero-order valence-corrected chi connectivity index (χ0v) is 13.2. The van der Waals surface area contributed by atoms with Gasteiger partial charge in [-0.2, -0.15) is 0 Å². The molecule has 0 unspecified atom stereocenters. The minimum absolute atomic E-state index is 0.0614. The number of carbonyl (C=O) groups excluding carboxylic acids is 1. The average molecular weight is 355 g/mol. The summed E-state index contributed by atoms with van der Waals surface area (Å²) in [6, 6.07) is 12.7. The maximum Gasteiger partial charge on any atom is 0.262 e. The molecule has 0 saturated carbocycles. The van der Waals surface area contributed by atoms with Gasteiger partial charge in [0.2, 0.25) is 0 Å². The molecule has 2 aromatic rings. The molecule has 104 valence electrons. The molecule has 0 saturated heterocycles. The van der Waals surface area contributed by atoms with Crippen LogP contribution in [0.3, 0.4) is 0 Å². The quantitative estimate of drug-likeness (QED) is 0.882. The number of carbonyl (C=O) groups is 1. The Morgan fingerprint density at radius 2 is 1.95 bits per heavy atom. The number of aryl methyl sites for hydroxylation is 1. The second kappa shape index (κ2) is 6.77. The molecule has 0 bridgehead atoms. The lowest BCUT2D eigenvalue weighted by Gasteiger charge is -2.09. The highest BCUT2D eigenvalue weighted by Gasteiger charge is 2.06. The molecule has 0 aliphatic carbocycles. The van der Waals surface area contributed by atoms with E-state index in [1.807, 2.05) is 31.2 Å². The fourth-order valence-corrected chi connectivity index (χ4v) is 2.37. The largest absolute Gasteiger partial charge is 0.483 e. The van der Waals surface area contributed by atoms with E-state index in [2.05, 4.69) is 21.2 Å². The van der Waals surface area contributed by atoms with E-state index in [0.29, 0.717) is 15.2 Å². The van der Waals surface area contributed by atoms with Crippen molar-refractivity contribution in [2.24, 2.45) is 0 Å². The number of hydrogen-bond donors (Lipinski definition) is 1. The van der Waals surface area contributed by atoms with Gasteiger partial charge in [0, 0.05) is 10.7 Å². The van der Waals surface area contributed by atoms with Crippen LogP contribution in [0.2, 0.25) is 5.02 Å². The molecule has 0 fully saturated rings. The topological polar surface area (TPSA) is 38.3 Å². The van der Waals surface area contributed by atoms with E-state index in [0.717, 1.165) is 11.3 Å². The summed E-state index contributed by atoms with van der Waals surface area (Å²) in [5.74, 6) is 0.365. The molecule has 5 heteroatoms. The molecule has 0 aromatic heterocycles. The molecular weight excluding hydrogens is 342 g/mol. The van der Waals surface area contributed by atoms with Crippen LogP contribution in [0.4, 0.5) is 5.69 Å². The van der Waals surface area contributed by atoms with Crippen LogP contribution in [0.25, 0.3) is 0 Å². The van der Waals surface area contributed by atoms with Gasteiger partial charge >= 0.3 is 0 Å². The van der Waals surface area contributed by atoms with E-state index in [-0.39, 0.29) is 12.5 Å². The zero-order chi connectivity index (χ0) is 14.5. The first-order valence-electron chi connectivity index (χ1n) is 5.99. The summed E-state index contributed by atoms with van der Waals surface area (Å²) >= 11 is 9.17. The first kappa shape index (κ1) is 14.9. The van der Waals surface area contributed by atoms with E-state index in [4.69, 9.17) is 16.3 Å². The van der Waals surface area contributed by atoms with Crippen LogP contribution in [0.15, 0.2) is 46.9 Å². The smallest absolute Gasteiger partial charge is 0.262 e. The predicted octanol–water partition coefficient (Wildman–Crippen LogP) is 4.43. The molecule has 0 heterocycles. The highest BCUT2D eigenvalue weighted by Crippen LogP contribution is 2.27. The fraction of sp³-hybridized carbons (Fsp3) is 0.133. The Kier molecular flexibility index (Phi) is 5.04. The van der Waals surface area contributed by atoms with Crippen LogP contribution in [0.1, 0.15) is 5.56 Å². The van der Waals surface area contributed by atoms with E-state index >= 15 is 0 Å². The molecular formula is C15H13BrClNO2. The number of ether oxygens (including phenoxy) is 1. The summed E-state index contributed by atoms with van der Waals surface area (Å²) < 4.78 is 6.15. The van der Waals surface area contributed by atoms with Crippen molar-refractivity contribution >= 4 is 39.1 Å². The molecule has 2 rings (SSSR count). The second-order valence-electron chi connectivity index (χ2n) is 4.28. The van der Waals surface area contributed by atoms with Crippen LogP contribution < -0.4 is 10.1 Å². The van der Waals surface area contributed by atoms with Crippen LogP contribution in [0, 0.1) is 6.92 Å². The lowest BCUT2D eigenvalue weighted by Crippen LogP contribution is -2.20. The average Bonchev–Trinajstić information content (AvgIpc) is 2.40. The van der Waals surface area contributed by atoms with Gasteiger partial charge in [-0.25, -0.2) is 0 Å². The maximum absolute atomic E-state index is 11.8. The molecule has 0 spiro atoms.